The Bertz CT molecular complexity index is 101. The lowest BCUT2D eigenvalue weighted by Gasteiger charge is -2.05. The first-order chi connectivity index (χ1) is 5.65. The van der Waals surface area contributed by atoms with Gasteiger partial charge in [0.2, 0.25) is 0 Å². The molecule has 1 aliphatic rings. The molecule has 0 N–H and O–H groups in total. The summed E-state index contributed by atoms with van der Waals surface area (Å²) in [4.78, 5) is 0. The van der Waals surface area contributed by atoms with Gasteiger partial charge in [-0.25, -0.2) is 0 Å². The lowest BCUT2D eigenvalue weighted by atomic mass is 11.0. The second kappa shape index (κ2) is 7.22. The van der Waals surface area contributed by atoms with E-state index in [-0.39, 0.29) is 0 Å². The van der Waals surface area contributed by atoms with Gasteiger partial charge in [0, 0.05) is 31.8 Å². The van der Waals surface area contributed by atoms with Gasteiger partial charge in [-0.3, -0.25) is 0 Å². The molecule has 0 aromatic rings. The van der Waals surface area contributed by atoms with Gasteiger partial charge in [-0.2, -0.15) is 25.3 Å². The summed E-state index contributed by atoms with van der Waals surface area (Å²) in [6.45, 7) is 0. The molecule has 0 radical (unpaired) electrons. The van der Waals surface area contributed by atoms with Crippen LogP contribution in [0.3, 0.4) is 0 Å². The van der Waals surface area contributed by atoms with Gasteiger partial charge >= 0.3 is 9.53 Å². The van der Waals surface area contributed by atoms with Crippen LogP contribution in [0.5, 0.6) is 0 Å². The van der Waals surface area contributed by atoms with E-state index < -0.39 is 9.53 Å². The van der Waals surface area contributed by atoms with E-state index in [0.29, 0.717) is 10.5 Å². The van der Waals surface area contributed by atoms with E-state index in [0.717, 1.165) is 0 Å². The van der Waals surface area contributed by atoms with Crippen LogP contribution in [0.1, 0.15) is 6.42 Å². The number of thiol groups is 2. The van der Waals surface area contributed by atoms with Gasteiger partial charge in [-0.15, -0.1) is 0 Å². The van der Waals surface area contributed by atoms with Crippen LogP contribution in [0.2, 0.25) is 0 Å². The van der Waals surface area contributed by atoms with Crippen molar-refractivity contribution in [2.24, 2.45) is 0 Å². The van der Waals surface area contributed by atoms with E-state index in [1.54, 1.807) is 21.3 Å². The average Bonchev–Trinajstić information content (AvgIpc) is 2.69. The highest BCUT2D eigenvalue weighted by Gasteiger charge is 2.29. The molecule has 0 bridgehead atoms. The third-order valence-electron chi connectivity index (χ3n) is 1.30. The minimum atomic E-state index is -1.67. The molecule has 2 atom stereocenters. The molecule has 0 spiro atoms. The lowest BCUT2D eigenvalue weighted by Crippen LogP contribution is -2.21. The molecule has 0 heterocycles. The van der Waals surface area contributed by atoms with Crippen molar-refractivity contribution in [1.29, 1.82) is 0 Å². The van der Waals surface area contributed by atoms with Crippen molar-refractivity contribution in [3.63, 3.8) is 0 Å². The summed E-state index contributed by atoms with van der Waals surface area (Å²) in [5.74, 6) is 0. The molecule has 2 unspecified atom stereocenters. The molecule has 1 fully saturated rings. The Hall–Kier alpha value is 0.797. The molecule has 74 valence electrons. The molecular weight excluding hydrogens is 212 g/mol. The molecule has 3 nitrogen and oxygen atoms in total. The van der Waals surface area contributed by atoms with Crippen LogP contribution >= 0.6 is 25.3 Å². The molecule has 0 amide bonds. The summed E-state index contributed by atoms with van der Waals surface area (Å²) >= 11 is 8.19. The average molecular weight is 228 g/mol. The van der Waals surface area contributed by atoms with Crippen LogP contribution in [-0.2, 0) is 13.3 Å². The van der Waals surface area contributed by atoms with Crippen LogP contribution in [-0.4, -0.2) is 41.4 Å². The topological polar surface area (TPSA) is 27.7 Å². The Labute approximate surface area is 86.6 Å². The molecule has 0 saturated heterocycles. The van der Waals surface area contributed by atoms with Crippen molar-refractivity contribution < 1.29 is 13.3 Å². The van der Waals surface area contributed by atoms with E-state index in [4.69, 9.17) is 13.3 Å². The molecule has 0 aromatic heterocycles. The fourth-order valence-electron chi connectivity index (χ4n) is 0.458. The maximum absolute atomic E-state index is 4.74. The molecule has 1 rings (SSSR count). The van der Waals surface area contributed by atoms with E-state index in [1.165, 1.54) is 6.42 Å². The first-order valence-corrected chi connectivity index (χ1v) is 6.05. The maximum atomic E-state index is 4.74. The molecule has 0 aliphatic heterocycles. The highest BCUT2D eigenvalue weighted by Crippen LogP contribution is 2.32. The lowest BCUT2D eigenvalue weighted by molar-refractivity contribution is 0.163. The second-order valence-electron chi connectivity index (χ2n) is 2.37. The SMILES string of the molecule is CO[SiH](OC)OC.SC1CC1S. The van der Waals surface area contributed by atoms with E-state index in [1.807, 2.05) is 0 Å². The smallest absolute Gasteiger partial charge is 0.379 e. The molecule has 6 heteroatoms. The fraction of sp³-hybridized carbons (Fsp3) is 1.00. The summed E-state index contributed by atoms with van der Waals surface area (Å²) in [7, 11) is 3.05. The van der Waals surface area contributed by atoms with Crippen molar-refractivity contribution in [3.8, 4) is 0 Å². The quantitative estimate of drug-likeness (QED) is 0.548. The molecular formula is C6H16O3S2Si. The zero-order valence-electron chi connectivity index (χ0n) is 7.56. The first-order valence-electron chi connectivity index (χ1n) is 3.60. The second-order valence-corrected chi connectivity index (χ2v) is 5.68. The minimum absolute atomic E-state index is 0.610. The van der Waals surface area contributed by atoms with E-state index in [9.17, 15) is 0 Å². The predicted molar refractivity (Wildman–Crippen MR) is 58.3 cm³/mol. The molecule has 0 aromatic carbocycles. The van der Waals surface area contributed by atoms with Crippen molar-refractivity contribution in [1.82, 2.24) is 0 Å². The Morgan fingerprint density at radius 1 is 1.00 bits per heavy atom. The summed E-state index contributed by atoms with van der Waals surface area (Å²) in [5.41, 5.74) is 0. The largest absolute Gasteiger partial charge is 0.483 e. The number of hydrogen-bond donors (Lipinski definition) is 2. The van der Waals surface area contributed by atoms with Crippen molar-refractivity contribution >= 4 is 34.8 Å². The third kappa shape index (κ3) is 6.33. The molecule has 1 aliphatic carbocycles. The Kier molecular flexibility index (Phi) is 7.70. The van der Waals surface area contributed by atoms with Crippen LogP contribution < -0.4 is 0 Å². The Balaban J connectivity index is 0.000000211. The minimum Gasteiger partial charge on any atom is -0.379 e. The maximum Gasteiger partial charge on any atom is 0.483 e. The first kappa shape index (κ1) is 12.8. The zero-order chi connectivity index (χ0) is 9.56. The summed E-state index contributed by atoms with van der Waals surface area (Å²) in [6.07, 6.45) is 1.20. The van der Waals surface area contributed by atoms with Crippen LogP contribution in [0, 0.1) is 0 Å². The van der Waals surface area contributed by atoms with Gasteiger partial charge in [0.1, 0.15) is 0 Å². The van der Waals surface area contributed by atoms with Crippen molar-refractivity contribution in [3.05, 3.63) is 0 Å². The van der Waals surface area contributed by atoms with Crippen molar-refractivity contribution in [2.45, 2.75) is 16.9 Å². The van der Waals surface area contributed by atoms with Gasteiger partial charge in [0.15, 0.2) is 0 Å². The van der Waals surface area contributed by atoms with Crippen LogP contribution in [0.4, 0.5) is 0 Å². The van der Waals surface area contributed by atoms with Crippen LogP contribution in [0.15, 0.2) is 0 Å². The summed E-state index contributed by atoms with van der Waals surface area (Å²) < 4.78 is 14.2. The molecule has 1 saturated carbocycles. The van der Waals surface area contributed by atoms with Crippen LogP contribution in [0.25, 0.3) is 0 Å². The molecule has 12 heavy (non-hydrogen) atoms. The van der Waals surface area contributed by atoms with Crippen molar-refractivity contribution in [2.75, 3.05) is 21.3 Å². The van der Waals surface area contributed by atoms with Gasteiger partial charge in [-0.1, -0.05) is 0 Å². The summed E-state index contributed by atoms with van der Waals surface area (Å²) in [6, 6.07) is 0. The van der Waals surface area contributed by atoms with Gasteiger partial charge in [-0.05, 0) is 6.42 Å². The standard InChI is InChI=1S/C3H10O3Si.C3H6S2/c1-4-7(5-2)6-3;4-2-1-3(2)5/h7H,1-3H3;2-5H,1H2. The highest BCUT2D eigenvalue weighted by atomic mass is 32.1. The van der Waals surface area contributed by atoms with E-state index >= 15 is 0 Å². The third-order valence-corrected chi connectivity index (χ3v) is 3.83. The predicted octanol–water partition coefficient (Wildman–Crippen LogP) is 0.630. The normalized spacial score (nSPS) is 26.5. The Morgan fingerprint density at radius 3 is 1.25 bits per heavy atom. The zero-order valence-corrected chi connectivity index (χ0v) is 10.5. The van der Waals surface area contributed by atoms with E-state index in [2.05, 4.69) is 25.3 Å². The van der Waals surface area contributed by atoms with Gasteiger partial charge in [0.25, 0.3) is 0 Å². The van der Waals surface area contributed by atoms with Gasteiger partial charge in [0.05, 0.1) is 0 Å². The number of hydrogen-bond acceptors (Lipinski definition) is 5. The highest BCUT2D eigenvalue weighted by molar-refractivity contribution is 7.86. The fourth-order valence-corrected chi connectivity index (χ4v) is 1.66. The monoisotopic (exact) mass is 228 g/mol. The Morgan fingerprint density at radius 2 is 1.25 bits per heavy atom. The summed E-state index contributed by atoms with van der Waals surface area (Å²) in [5, 5.41) is 1.22. The number of rotatable bonds is 3. The van der Waals surface area contributed by atoms with Gasteiger partial charge < -0.3 is 13.3 Å².